The lowest BCUT2D eigenvalue weighted by molar-refractivity contribution is -0.136. The average Bonchev–Trinajstić information content (AvgIpc) is 2.85. The van der Waals surface area contributed by atoms with Gasteiger partial charge >= 0.3 is 11.8 Å². The molecule has 0 saturated heterocycles. The molecule has 0 heterocycles. The summed E-state index contributed by atoms with van der Waals surface area (Å²) in [5, 5.41) is 9.89. The SMILES string of the molecule is COc1cc(/C=N\NC(=O)C(=O)Nc2cccc(Cl)c2Cl)cc(I)c1OCC(=O)Nc1cc(Cl)cc(Cl)c1. The van der Waals surface area contributed by atoms with E-state index in [0.717, 1.165) is 0 Å². The first-order chi connectivity index (χ1) is 18.1. The number of rotatable bonds is 8. The molecule has 0 aromatic heterocycles. The van der Waals surface area contributed by atoms with Gasteiger partial charge in [0, 0.05) is 15.7 Å². The molecule has 3 rings (SSSR count). The Kier molecular flexibility index (Phi) is 10.9. The molecule has 0 aliphatic heterocycles. The van der Waals surface area contributed by atoms with Gasteiger partial charge in [-0.05, 0) is 70.6 Å². The maximum Gasteiger partial charge on any atom is 0.329 e. The van der Waals surface area contributed by atoms with Crippen LogP contribution >= 0.6 is 69.0 Å². The Bertz CT molecular complexity index is 1400. The fourth-order valence-electron chi connectivity index (χ4n) is 2.91. The largest absolute Gasteiger partial charge is 0.493 e. The summed E-state index contributed by atoms with van der Waals surface area (Å²) in [5.74, 6) is -1.80. The average molecular weight is 710 g/mol. The van der Waals surface area contributed by atoms with Crippen molar-refractivity contribution in [1.82, 2.24) is 5.43 Å². The minimum atomic E-state index is -1.02. The van der Waals surface area contributed by atoms with E-state index < -0.39 is 17.7 Å². The van der Waals surface area contributed by atoms with Crippen molar-refractivity contribution in [3.63, 3.8) is 0 Å². The molecular weight excluding hydrogens is 693 g/mol. The third kappa shape index (κ3) is 8.37. The Morgan fingerprint density at radius 2 is 1.68 bits per heavy atom. The van der Waals surface area contributed by atoms with Crippen LogP contribution in [0.5, 0.6) is 11.5 Å². The van der Waals surface area contributed by atoms with Gasteiger partial charge in [0.15, 0.2) is 18.1 Å². The molecule has 0 fully saturated rings. The topological polar surface area (TPSA) is 118 Å². The lowest BCUT2D eigenvalue weighted by Crippen LogP contribution is -2.32. The van der Waals surface area contributed by atoms with E-state index in [2.05, 4.69) is 21.2 Å². The van der Waals surface area contributed by atoms with Crippen LogP contribution in [0.25, 0.3) is 0 Å². The summed E-state index contributed by atoms with van der Waals surface area (Å²) in [6, 6.07) is 12.5. The van der Waals surface area contributed by atoms with E-state index in [1.807, 2.05) is 22.6 Å². The van der Waals surface area contributed by atoms with E-state index in [1.54, 1.807) is 42.5 Å². The first-order valence-corrected chi connectivity index (χ1v) is 13.0. The number of hydrogen-bond acceptors (Lipinski definition) is 6. The van der Waals surface area contributed by atoms with E-state index in [-0.39, 0.29) is 22.3 Å². The van der Waals surface area contributed by atoms with Crippen LogP contribution in [0.2, 0.25) is 20.1 Å². The molecule has 0 spiro atoms. The molecule has 198 valence electrons. The van der Waals surface area contributed by atoms with Crippen molar-refractivity contribution in [2.24, 2.45) is 5.10 Å². The second-order valence-corrected chi connectivity index (χ2v) is 10.1. The molecule has 3 amide bonds. The highest BCUT2D eigenvalue weighted by Gasteiger charge is 2.16. The number of ether oxygens (including phenoxy) is 2. The minimum absolute atomic E-state index is 0.106. The van der Waals surface area contributed by atoms with E-state index >= 15 is 0 Å². The van der Waals surface area contributed by atoms with Crippen LogP contribution in [0.15, 0.2) is 53.6 Å². The normalized spacial score (nSPS) is 10.7. The Morgan fingerprint density at radius 1 is 0.974 bits per heavy atom. The second kappa shape index (κ2) is 13.9. The van der Waals surface area contributed by atoms with Crippen LogP contribution in [-0.2, 0) is 14.4 Å². The van der Waals surface area contributed by atoms with Gasteiger partial charge in [-0.15, -0.1) is 0 Å². The zero-order valence-corrected chi connectivity index (χ0v) is 24.5. The summed E-state index contributed by atoms with van der Waals surface area (Å²) in [5.41, 5.74) is 3.26. The fourth-order valence-corrected chi connectivity index (χ4v) is 4.57. The second-order valence-electron chi connectivity index (χ2n) is 7.28. The number of carbonyl (C=O) groups excluding carboxylic acids is 3. The predicted octanol–water partition coefficient (Wildman–Crippen LogP) is 6.02. The lowest BCUT2D eigenvalue weighted by atomic mass is 10.2. The highest BCUT2D eigenvalue weighted by atomic mass is 127. The summed E-state index contributed by atoms with van der Waals surface area (Å²) >= 11 is 25.8. The third-order valence-corrected chi connectivity index (χ3v) is 6.59. The monoisotopic (exact) mass is 708 g/mol. The molecule has 0 bridgehead atoms. The molecule has 3 N–H and O–H groups in total. The van der Waals surface area contributed by atoms with Gasteiger partial charge in [0.2, 0.25) is 0 Å². The van der Waals surface area contributed by atoms with Gasteiger partial charge in [-0.3, -0.25) is 14.4 Å². The molecule has 3 aromatic rings. The van der Waals surface area contributed by atoms with Gasteiger partial charge in [-0.25, -0.2) is 5.43 Å². The zero-order valence-electron chi connectivity index (χ0n) is 19.3. The summed E-state index contributed by atoms with van der Waals surface area (Å²) in [6.07, 6.45) is 1.31. The Labute approximate surface area is 250 Å². The van der Waals surface area contributed by atoms with Gasteiger partial charge in [0.05, 0.1) is 32.6 Å². The number of methoxy groups -OCH3 is 1. The number of hydrazone groups is 1. The first kappa shape index (κ1) is 29.8. The van der Waals surface area contributed by atoms with Crippen LogP contribution in [0, 0.1) is 3.57 Å². The maximum atomic E-state index is 12.3. The molecule has 3 aromatic carbocycles. The van der Waals surface area contributed by atoms with Crippen molar-refractivity contribution >= 4 is 104 Å². The minimum Gasteiger partial charge on any atom is -0.493 e. The van der Waals surface area contributed by atoms with Crippen molar-refractivity contribution in [3.8, 4) is 11.5 Å². The fraction of sp³-hybridized carbons (Fsp3) is 0.0833. The first-order valence-electron chi connectivity index (χ1n) is 10.4. The van der Waals surface area contributed by atoms with Gasteiger partial charge < -0.3 is 20.1 Å². The number of anilines is 2. The van der Waals surface area contributed by atoms with E-state index in [1.165, 1.54) is 19.4 Å². The number of carbonyl (C=O) groups is 3. The number of hydrogen-bond donors (Lipinski definition) is 3. The van der Waals surface area contributed by atoms with Gasteiger partial charge in [-0.2, -0.15) is 5.10 Å². The smallest absolute Gasteiger partial charge is 0.329 e. The molecule has 38 heavy (non-hydrogen) atoms. The molecule has 0 unspecified atom stereocenters. The van der Waals surface area contributed by atoms with Gasteiger partial charge in [0.25, 0.3) is 5.91 Å². The van der Waals surface area contributed by atoms with Crippen molar-refractivity contribution in [3.05, 3.63) is 77.8 Å². The van der Waals surface area contributed by atoms with Crippen LogP contribution in [0.1, 0.15) is 5.56 Å². The number of benzene rings is 3. The van der Waals surface area contributed by atoms with Crippen LogP contribution in [0.3, 0.4) is 0 Å². The predicted molar refractivity (Wildman–Crippen MR) is 157 cm³/mol. The van der Waals surface area contributed by atoms with E-state index in [0.29, 0.717) is 36.4 Å². The molecule has 14 heteroatoms. The zero-order chi connectivity index (χ0) is 27.8. The summed E-state index contributed by atoms with van der Waals surface area (Å²) in [7, 11) is 1.43. The molecule has 0 aliphatic carbocycles. The Hall–Kier alpha value is -2.77. The van der Waals surface area contributed by atoms with Crippen LogP contribution in [-0.4, -0.2) is 37.7 Å². The molecule has 0 aliphatic rings. The summed E-state index contributed by atoms with van der Waals surface area (Å²) in [4.78, 5) is 36.5. The molecule has 0 saturated carbocycles. The molecular formula is C24H17Cl4IN4O5. The van der Waals surface area contributed by atoms with Crippen molar-refractivity contribution in [2.45, 2.75) is 0 Å². The molecule has 0 radical (unpaired) electrons. The van der Waals surface area contributed by atoms with Gasteiger partial charge in [-0.1, -0.05) is 52.5 Å². The number of amides is 3. The maximum absolute atomic E-state index is 12.3. The van der Waals surface area contributed by atoms with Crippen molar-refractivity contribution in [1.29, 1.82) is 0 Å². The van der Waals surface area contributed by atoms with Crippen LogP contribution in [0.4, 0.5) is 11.4 Å². The van der Waals surface area contributed by atoms with Gasteiger partial charge in [0.1, 0.15) is 0 Å². The summed E-state index contributed by atoms with van der Waals surface area (Å²) in [6.45, 7) is -0.314. The Morgan fingerprint density at radius 3 is 2.37 bits per heavy atom. The quantitative estimate of drug-likeness (QED) is 0.115. The third-order valence-electron chi connectivity index (χ3n) is 4.53. The molecule has 9 nitrogen and oxygen atoms in total. The van der Waals surface area contributed by atoms with Crippen molar-refractivity contribution < 1.29 is 23.9 Å². The summed E-state index contributed by atoms with van der Waals surface area (Å²) < 4.78 is 11.6. The number of nitrogens with zero attached hydrogens (tertiary/aromatic N) is 1. The van der Waals surface area contributed by atoms with Crippen molar-refractivity contribution in [2.75, 3.05) is 24.4 Å². The Balaban J connectivity index is 1.60. The number of nitrogens with one attached hydrogen (secondary N) is 3. The van der Waals surface area contributed by atoms with Crippen LogP contribution < -0.4 is 25.5 Å². The van der Waals surface area contributed by atoms with E-state index in [4.69, 9.17) is 55.9 Å². The number of halogens is 5. The van der Waals surface area contributed by atoms with E-state index in [9.17, 15) is 14.4 Å². The lowest BCUT2D eigenvalue weighted by Gasteiger charge is -2.13. The standard InChI is InChI=1S/C24H17Cl4IN4O5/c1-37-19-6-12(10-30-33-24(36)23(35)32-18-4-2-3-16(27)21(18)28)5-17(29)22(19)38-11-20(34)31-15-8-13(25)7-14(26)9-15/h2-10H,11H2,1H3,(H,31,34)(H,32,35)(H,33,36)/b30-10-. The highest BCUT2D eigenvalue weighted by Crippen LogP contribution is 2.34. The molecule has 0 atom stereocenters. The highest BCUT2D eigenvalue weighted by molar-refractivity contribution is 14.1.